The van der Waals surface area contributed by atoms with Crippen molar-refractivity contribution in [1.82, 2.24) is 16.0 Å². The Balaban J connectivity index is 4.95. The summed E-state index contributed by atoms with van der Waals surface area (Å²) < 4.78 is 0. The number of amides is 3. The summed E-state index contributed by atoms with van der Waals surface area (Å²) >= 11 is 0. The van der Waals surface area contributed by atoms with Gasteiger partial charge in [-0.3, -0.25) is 14.4 Å². The molecule has 11 heteroatoms. The van der Waals surface area contributed by atoms with E-state index in [0.29, 0.717) is 6.42 Å². The predicted octanol–water partition coefficient (Wildman–Crippen LogP) is -2.71. The van der Waals surface area contributed by atoms with Gasteiger partial charge in [-0.25, -0.2) is 4.79 Å². The van der Waals surface area contributed by atoms with Crippen LogP contribution in [0.1, 0.15) is 34.1 Å². The first kappa shape index (κ1) is 24.8. The van der Waals surface area contributed by atoms with E-state index in [1.165, 1.54) is 13.8 Å². The molecule has 27 heavy (non-hydrogen) atoms. The van der Waals surface area contributed by atoms with Crippen LogP contribution in [-0.4, -0.2) is 75.9 Å². The molecular formula is C16H30N4O7. The van der Waals surface area contributed by atoms with E-state index < -0.39 is 60.6 Å². The van der Waals surface area contributed by atoms with Gasteiger partial charge in [-0.1, -0.05) is 20.3 Å². The lowest BCUT2D eigenvalue weighted by Gasteiger charge is -2.26. The lowest BCUT2D eigenvalue weighted by Crippen LogP contribution is -2.59. The third-order valence-electron chi connectivity index (χ3n) is 4.17. The van der Waals surface area contributed by atoms with Crippen molar-refractivity contribution in [3.63, 3.8) is 0 Å². The SMILES string of the molecule is CCC(C)C(N)C(=O)NC(C(=O)NC(C)C(=O)NC(CO)C(=O)O)C(C)O. The van der Waals surface area contributed by atoms with E-state index in [4.69, 9.17) is 15.9 Å². The molecule has 0 aliphatic heterocycles. The first-order valence-electron chi connectivity index (χ1n) is 8.64. The molecule has 8 N–H and O–H groups in total. The zero-order valence-electron chi connectivity index (χ0n) is 15.9. The molecule has 0 radical (unpaired) electrons. The Hall–Kier alpha value is -2.24. The fourth-order valence-electron chi connectivity index (χ4n) is 2.02. The third kappa shape index (κ3) is 7.89. The van der Waals surface area contributed by atoms with E-state index in [2.05, 4.69) is 10.6 Å². The minimum absolute atomic E-state index is 0.140. The molecule has 0 saturated carbocycles. The van der Waals surface area contributed by atoms with Gasteiger partial charge in [0.05, 0.1) is 18.8 Å². The molecule has 0 aliphatic rings. The summed E-state index contributed by atoms with van der Waals surface area (Å²) in [6.45, 7) is 5.38. The van der Waals surface area contributed by atoms with Crippen LogP contribution in [0.3, 0.4) is 0 Å². The molecule has 0 aromatic rings. The van der Waals surface area contributed by atoms with Gasteiger partial charge in [0, 0.05) is 0 Å². The van der Waals surface area contributed by atoms with Gasteiger partial charge in [-0.15, -0.1) is 0 Å². The zero-order chi connectivity index (χ0) is 21.3. The second-order valence-corrected chi connectivity index (χ2v) is 6.45. The monoisotopic (exact) mass is 390 g/mol. The predicted molar refractivity (Wildman–Crippen MR) is 95.3 cm³/mol. The van der Waals surface area contributed by atoms with Crippen molar-refractivity contribution in [3.05, 3.63) is 0 Å². The first-order valence-corrected chi connectivity index (χ1v) is 8.64. The standard InChI is InChI=1S/C16H30N4O7/c1-5-7(2)11(17)14(24)20-12(9(4)22)15(25)18-8(3)13(23)19-10(6-21)16(26)27/h7-12,21-22H,5-6,17H2,1-4H3,(H,18,25)(H,19,23)(H,20,24)(H,26,27). The van der Waals surface area contributed by atoms with Gasteiger partial charge in [0.2, 0.25) is 17.7 Å². The Morgan fingerprint density at radius 1 is 0.963 bits per heavy atom. The van der Waals surface area contributed by atoms with Gasteiger partial charge in [-0.05, 0) is 19.8 Å². The van der Waals surface area contributed by atoms with Gasteiger partial charge in [0.15, 0.2) is 0 Å². The van der Waals surface area contributed by atoms with Crippen LogP contribution in [0, 0.1) is 5.92 Å². The van der Waals surface area contributed by atoms with Crippen molar-refractivity contribution in [1.29, 1.82) is 0 Å². The maximum atomic E-state index is 12.3. The molecule has 156 valence electrons. The number of aliphatic hydroxyl groups is 2. The molecule has 0 rings (SSSR count). The largest absolute Gasteiger partial charge is 0.480 e. The van der Waals surface area contributed by atoms with Crippen molar-refractivity contribution in [2.75, 3.05) is 6.61 Å². The maximum Gasteiger partial charge on any atom is 0.328 e. The molecule has 3 amide bonds. The van der Waals surface area contributed by atoms with Crippen LogP contribution in [0.4, 0.5) is 0 Å². The first-order chi connectivity index (χ1) is 12.5. The fourth-order valence-corrected chi connectivity index (χ4v) is 2.02. The topological polar surface area (TPSA) is 191 Å². The Morgan fingerprint density at radius 3 is 1.93 bits per heavy atom. The van der Waals surface area contributed by atoms with Gasteiger partial charge in [0.1, 0.15) is 18.1 Å². The summed E-state index contributed by atoms with van der Waals surface area (Å²) in [5, 5.41) is 34.2. The van der Waals surface area contributed by atoms with Gasteiger partial charge >= 0.3 is 5.97 Å². The Labute approximate surface area is 157 Å². The van der Waals surface area contributed by atoms with Crippen molar-refractivity contribution in [2.24, 2.45) is 11.7 Å². The van der Waals surface area contributed by atoms with E-state index >= 15 is 0 Å². The lowest BCUT2D eigenvalue weighted by molar-refractivity contribution is -0.143. The molecule has 6 unspecified atom stereocenters. The highest BCUT2D eigenvalue weighted by Gasteiger charge is 2.31. The summed E-state index contributed by atoms with van der Waals surface area (Å²) in [6, 6.07) is -4.91. The van der Waals surface area contributed by atoms with Crippen molar-refractivity contribution < 1.29 is 34.5 Å². The Morgan fingerprint density at radius 2 is 1.52 bits per heavy atom. The van der Waals surface area contributed by atoms with Gasteiger partial charge in [0.25, 0.3) is 0 Å². The van der Waals surface area contributed by atoms with Crippen molar-refractivity contribution in [2.45, 2.75) is 64.4 Å². The number of aliphatic carboxylic acids is 1. The van der Waals surface area contributed by atoms with Crippen molar-refractivity contribution in [3.8, 4) is 0 Å². The van der Waals surface area contributed by atoms with E-state index in [-0.39, 0.29) is 5.92 Å². The summed E-state index contributed by atoms with van der Waals surface area (Å²) in [7, 11) is 0. The van der Waals surface area contributed by atoms with Crippen LogP contribution < -0.4 is 21.7 Å². The molecule has 0 heterocycles. The van der Waals surface area contributed by atoms with E-state index in [0.717, 1.165) is 0 Å². The Bertz CT molecular complexity index is 541. The average Bonchev–Trinajstić information content (AvgIpc) is 2.61. The minimum atomic E-state index is -1.52. The summed E-state index contributed by atoms with van der Waals surface area (Å²) in [4.78, 5) is 47.2. The van der Waals surface area contributed by atoms with Crippen LogP contribution in [-0.2, 0) is 19.2 Å². The lowest BCUT2D eigenvalue weighted by atomic mass is 9.98. The number of hydrogen-bond acceptors (Lipinski definition) is 7. The number of aliphatic hydroxyl groups excluding tert-OH is 2. The number of hydrogen-bond donors (Lipinski definition) is 7. The van der Waals surface area contributed by atoms with E-state index in [1.54, 1.807) is 6.92 Å². The second-order valence-electron chi connectivity index (χ2n) is 6.45. The minimum Gasteiger partial charge on any atom is -0.480 e. The maximum absolute atomic E-state index is 12.3. The molecule has 0 saturated heterocycles. The highest BCUT2D eigenvalue weighted by molar-refractivity contribution is 5.94. The third-order valence-corrected chi connectivity index (χ3v) is 4.17. The number of nitrogens with one attached hydrogen (secondary N) is 3. The van der Waals surface area contributed by atoms with Gasteiger partial charge in [-0.2, -0.15) is 0 Å². The fraction of sp³-hybridized carbons (Fsp3) is 0.750. The van der Waals surface area contributed by atoms with E-state index in [9.17, 15) is 24.3 Å². The molecule has 0 fully saturated rings. The second kappa shape index (κ2) is 11.5. The number of rotatable bonds is 11. The molecule has 0 aromatic carbocycles. The van der Waals surface area contributed by atoms with Gasteiger partial charge < -0.3 is 37.0 Å². The van der Waals surface area contributed by atoms with Crippen LogP contribution in [0.25, 0.3) is 0 Å². The molecule has 6 atom stereocenters. The highest BCUT2D eigenvalue weighted by Crippen LogP contribution is 2.06. The smallest absolute Gasteiger partial charge is 0.328 e. The zero-order valence-corrected chi connectivity index (χ0v) is 15.9. The summed E-state index contributed by atoms with van der Waals surface area (Å²) in [5.41, 5.74) is 5.80. The molecule has 0 aliphatic carbocycles. The van der Waals surface area contributed by atoms with Crippen LogP contribution in [0.2, 0.25) is 0 Å². The molecule has 11 nitrogen and oxygen atoms in total. The van der Waals surface area contributed by atoms with Crippen LogP contribution in [0.15, 0.2) is 0 Å². The van der Waals surface area contributed by atoms with E-state index in [1.807, 2.05) is 12.2 Å². The number of carbonyl (C=O) groups is 4. The quantitative estimate of drug-likeness (QED) is 0.198. The highest BCUT2D eigenvalue weighted by atomic mass is 16.4. The number of carboxylic acid groups (broad SMARTS) is 1. The average molecular weight is 390 g/mol. The molecule has 0 aromatic heterocycles. The van der Waals surface area contributed by atoms with Crippen molar-refractivity contribution >= 4 is 23.7 Å². The summed E-state index contributed by atoms with van der Waals surface area (Å²) in [5.74, 6) is -3.88. The molecular weight excluding hydrogens is 360 g/mol. The number of nitrogens with two attached hydrogens (primary N) is 1. The molecule has 0 bridgehead atoms. The Kier molecular flexibility index (Phi) is 10.5. The number of carboxylic acids is 1. The number of carbonyl (C=O) groups excluding carboxylic acids is 3. The normalized spacial score (nSPS) is 17.6. The van der Waals surface area contributed by atoms with Crippen LogP contribution >= 0.6 is 0 Å². The summed E-state index contributed by atoms with van der Waals surface area (Å²) in [6.07, 6.45) is -0.620. The van der Waals surface area contributed by atoms with Crippen LogP contribution in [0.5, 0.6) is 0 Å². The molecule has 0 spiro atoms.